The molecule has 2 heteroatoms. The number of aromatic nitrogens is 1. The zero-order chi connectivity index (χ0) is 36.3. The Hall–Kier alpha value is -7.16. The van der Waals surface area contributed by atoms with Gasteiger partial charge in [0.25, 0.3) is 0 Å². The Bertz CT molecular complexity index is 3200. The molecule has 0 aliphatic carbocycles. The van der Waals surface area contributed by atoms with Crippen LogP contribution in [0.3, 0.4) is 0 Å². The van der Waals surface area contributed by atoms with E-state index in [0.717, 1.165) is 17.6 Å². The Kier molecular flexibility index (Phi) is 7.28. The van der Waals surface area contributed by atoms with E-state index < -0.39 is 0 Å². The Morgan fingerprint density at radius 2 is 0.964 bits per heavy atom. The molecule has 0 radical (unpaired) electrons. The highest BCUT2D eigenvalue weighted by atomic mass is 16.3. The van der Waals surface area contributed by atoms with Gasteiger partial charge < -0.3 is 8.98 Å². The van der Waals surface area contributed by atoms with Crippen LogP contribution >= 0.6 is 0 Å². The van der Waals surface area contributed by atoms with Gasteiger partial charge in [0.1, 0.15) is 11.2 Å². The minimum absolute atomic E-state index is 0.804. The molecule has 0 saturated carbocycles. The SMILES string of the molecule is c1ccc(-n2c3ccccc3c3cc(-c4cccc(-c5ccc(-c6ccc(Cc7cc8ccccc8c8c7oc7ccccc78)cc6)cc5)c4)ccc32)cc1. The number of hydrogen-bond acceptors (Lipinski definition) is 1. The molecule has 0 aliphatic heterocycles. The molecule has 0 fully saturated rings. The van der Waals surface area contributed by atoms with Gasteiger partial charge in [-0.3, -0.25) is 0 Å². The lowest BCUT2D eigenvalue weighted by Gasteiger charge is -2.10. The van der Waals surface area contributed by atoms with E-state index in [1.807, 2.05) is 6.07 Å². The van der Waals surface area contributed by atoms with Crippen LogP contribution in [0.25, 0.3) is 93.6 Å². The van der Waals surface area contributed by atoms with Crippen molar-refractivity contribution in [2.45, 2.75) is 6.42 Å². The van der Waals surface area contributed by atoms with Crippen LogP contribution in [0.2, 0.25) is 0 Å². The summed E-state index contributed by atoms with van der Waals surface area (Å²) in [6.07, 6.45) is 0.804. The van der Waals surface area contributed by atoms with E-state index in [0.29, 0.717) is 0 Å². The van der Waals surface area contributed by atoms with Gasteiger partial charge in [0, 0.05) is 39.2 Å². The normalized spacial score (nSPS) is 11.7. The predicted octanol–water partition coefficient (Wildman–Crippen LogP) is 14.4. The molecule has 0 bridgehead atoms. The van der Waals surface area contributed by atoms with Crippen LogP contribution in [0.4, 0.5) is 0 Å². The molecule has 55 heavy (non-hydrogen) atoms. The van der Waals surface area contributed by atoms with E-state index >= 15 is 0 Å². The molecule has 0 aliphatic rings. The minimum Gasteiger partial charge on any atom is -0.456 e. The molecule has 258 valence electrons. The van der Waals surface area contributed by atoms with Gasteiger partial charge in [-0.2, -0.15) is 0 Å². The fourth-order valence-corrected chi connectivity index (χ4v) is 8.55. The summed E-state index contributed by atoms with van der Waals surface area (Å²) in [5.74, 6) is 0. The van der Waals surface area contributed by atoms with E-state index in [4.69, 9.17) is 4.42 Å². The molecule has 9 aromatic carbocycles. The van der Waals surface area contributed by atoms with Gasteiger partial charge in [-0.05, 0) is 98.2 Å². The van der Waals surface area contributed by atoms with Crippen LogP contribution in [0.5, 0.6) is 0 Å². The van der Waals surface area contributed by atoms with Crippen LogP contribution in [-0.2, 0) is 6.42 Å². The summed E-state index contributed by atoms with van der Waals surface area (Å²) in [4.78, 5) is 0. The topological polar surface area (TPSA) is 18.1 Å². The molecule has 0 amide bonds. The minimum atomic E-state index is 0.804. The first kappa shape index (κ1) is 31.4. The van der Waals surface area contributed by atoms with Crippen molar-refractivity contribution in [1.29, 1.82) is 0 Å². The van der Waals surface area contributed by atoms with E-state index in [2.05, 4.69) is 199 Å². The Labute approximate surface area is 319 Å². The maximum atomic E-state index is 6.48. The number of para-hydroxylation sites is 3. The molecule has 0 atom stereocenters. The highest BCUT2D eigenvalue weighted by Crippen LogP contribution is 2.39. The van der Waals surface area contributed by atoms with E-state index in [-0.39, 0.29) is 0 Å². The third kappa shape index (κ3) is 5.34. The van der Waals surface area contributed by atoms with Gasteiger partial charge in [0.05, 0.1) is 11.0 Å². The average molecular weight is 702 g/mol. The number of fused-ring (bicyclic) bond motifs is 8. The van der Waals surface area contributed by atoms with Crippen molar-refractivity contribution in [1.82, 2.24) is 4.57 Å². The molecule has 0 spiro atoms. The molecule has 2 heterocycles. The second-order valence-corrected chi connectivity index (χ2v) is 14.5. The van der Waals surface area contributed by atoms with Gasteiger partial charge in [-0.1, -0.05) is 152 Å². The van der Waals surface area contributed by atoms with Gasteiger partial charge in [0.15, 0.2) is 0 Å². The quantitative estimate of drug-likeness (QED) is 0.169. The lowest BCUT2D eigenvalue weighted by atomic mass is 9.95. The van der Waals surface area contributed by atoms with E-state index in [9.17, 15) is 0 Å². The summed E-state index contributed by atoms with van der Waals surface area (Å²) in [6, 6.07) is 72.4. The predicted molar refractivity (Wildman–Crippen MR) is 231 cm³/mol. The number of nitrogens with zero attached hydrogens (tertiary/aromatic N) is 1. The third-order valence-electron chi connectivity index (χ3n) is 11.2. The fraction of sp³-hybridized carbons (Fsp3) is 0.0189. The standard InChI is InChI=1S/C53H35NO/c1-2-14-44(15-3-1)54-49-19-8-6-17-46(49)48-34-41(29-30-50(48)54)40-13-10-12-39(32-40)38-27-25-37(26-28-38)36-23-21-35(22-24-36)31-43-33-42-11-4-5-16-45(42)52-47-18-7-9-20-51(47)55-53(43)52/h1-30,32-34H,31H2. The summed E-state index contributed by atoms with van der Waals surface area (Å²) in [7, 11) is 0. The maximum absolute atomic E-state index is 6.48. The van der Waals surface area contributed by atoms with Crippen molar-refractivity contribution in [3.63, 3.8) is 0 Å². The first-order valence-electron chi connectivity index (χ1n) is 19.0. The Morgan fingerprint density at radius 3 is 1.76 bits per heavy atom. The molecule has 2 nitrogen and oxygen atoms in total. The molecule has 11 aromatic rings. The summed E-state index contributed by atoms with van der Waals surface area (Å²) in [5, 5.41) is 7.39. The molecule has 2 aromatic heterocycles. The van der Waals surface area contributed by atoms with Crippen molar-refractivity contribution < 1.29 is 4.42 Å². The Balaban J connectivity index is 0.873. The van der Waals surface area contributed by atoms with Crippen LogP contribution < -0.4 is 0 Å². The van der Waals surface area contributed by atoms with Gasteiger partial charge in [-0.25, -0.2) is 0 Å². The van der Waals surface area contributed by atoms with Crippen LogP contribution in [0.15, 0.2) is 205 Å². The van der Waals surface area contributed by atoms with Gasteiger partial charge in [0.2, 0.25) is 0 Å². The molecule has 0 saturated heterocycles. The van der Waals surface area contributed by atoms with Crippen molar-refractivity contribution >= 4 is 54.5 Å². The highest BCUT2D eigenvalue weighted by Gasteiger charge is 2.16. The van der Waals surface area contributed by atoms with Crippen molar-refractivity contribution in [2.75, 3.05) is 0 Å². The van der Waals surface area contributed by atoms with Crippen molar-refractivity contribution in [3.05, 3.63) is 211 Å². The largest absolute Gasteiger partial charge is 0.456 e. The highest BCUT2D eigenvalue weighted by molar-refractivity contribution is 6.19. The third-order valence-corrected chi connectivity index (χ3v) is 11.2. The molecular weight excluding hydrogens is 667 g/mol. The van der Waals surface area contributed by atoms with E-state index in [1.165, 1.54) is 93.5 Å². The zero-order valence-corrected chi connectivity index (χ0v) is 30.1. The summed E-state index contributed by atoms with van der Waals surface area (Å²) >= 11 is 0. The smallest absolute Gasteiger partial charge is 0.139 e. The molecule has 0 N–H and O–H groups in total. The second kappa shape index (κ2) is 12.8. The van der Waals surface area contributed by atoms with E-state index in [1.54, 1.807) is 0 Å². The second-order valence-electron chi connectivity index (χ2n) is 14.5. The van der Waals surface area contributed by atoms with Crippen LogP contribution in [0.1, 0.15) is 11.1 Å². The summed E-state index contributed by atoms with van der Waals surface area (Å²) < 4.78 is 8.85. The zero-order valence-electron chi connectivity index (χ0n) is 30.1. The first-order chi connectivity index (χ1) is 27.2. The number of benzene rings is 9. The van der Waals surface area contributed by atoms with Crippen molar-refractivity contribution in [2.24, 2.45) is 0 Å². The molecule has 11 rings (SSSR count). The van der Waals surface area contributed by atoms with Gasteiger partial charge >= 0.3 is 0 Å². The van der Waals surface area contributed by atoms with Crippen LogP contribution in [0, 0.1) is 0 Å². The number of hydrogen-bond donors (Lipinski definition) is 0. The molecule has 0 unspecified atom stereocenters. The Morgan fingerprint density at radius 1 is 0.382 bits per heavy atom. The number of furan rings is 1. The van der Waals surface area contributed by atoms with Gasteiger partial charge in [-0.15, -0.1) is 0 Å². The number of rotatable bonds is 6. The van der Waals surface area contributed by atoms with Crippen molar-refractivity contribution in [3.8, 4) is 39.1 Å². The monoisotopic (exact) mass is 701 g/mol. The maximum Gasteiger partial charge on any atom is 0.139 e. The summed E-state index contributed by atoms with van der Waals surface area (Å²) in [5.41, 5.74) is 15.3. The first-order valence-corrected chi connectivity index (χ1v) is 19.0. The lowest BCUT2D eigenvalue weighted by molar-refractivity contribution is 0.664. The fourth-order valence-electron chi connectivity index (χ4n) is 8.55. The average Bonchev–Trinajstić information content (AvgIpc) is 3.81. The van der Waals surface area contributed by atoms with Crippen LogP contribution in [-0.4, -0.2) is 4.57 Å². The molecular formula is C53H35NO. The lowest BCUT2D eigenvalue weighted by Crippen LogP contribution is -1.92. The summed E-state index contributed by atoms with van der Waals surface area (Å²) in [6.45, 7) is 0.